The number of carbonyl (C=O) groups is 2. The van der Waals surface area contributed by atoms with E-state index in [-0.39, 0.29) is 13.2 Å². The molecule has 2 radical (unpaired) electrons. The van der Waals surface area contributed by atoms with Gasteiger partial charge in [0.15, 0.2) is 0 Å². The van der Waals surface area contributed by atoms with E-state index in [4.69, 9.17) is 7.85 Å². The van der Waals surface area contributed by atoms with E-state index in [1.165, 1.54) is 0 Å². The zero-order valence-electron chi connectivity index (χ0n) is 8.15. The first-order valence-electron chi connectivity index (χ1n) is 4.38. The first-order valence-corrected chi connectivity index (χ1v) is 4.38. The molecule has 0 spiro atoms. The highest BCUT2D eigenvalue weighted by atomic mass is 16.7. The quantitative estimate of drug-likeness (QED) is 0.366. The molecular formula is C8H13BO5. The van der Waals surface area contributed by atoms with Gasteiger partial charge in [-0.3, -0.25) is 4.79 Å². The van der Waals surface area contributed by atoms with Crippen molar-refractivity contribution < 1.29 is 23.8 Å². The fraction of sp³-hybridized carbons (Fsp3) is 0.750. The summed E-state index contributed by atoms with van der Waals surface area (Å²) in [5.41, 5.74) is 0. The van der Waals surface area contributed by atoms with Gasteiger partial charge in [0.05, 0.1) is 19.8 Å². The topological polar surface area (TPSA) is 61.8 Å². The van der Waals surface area contributed by atoms with Crippen molar-refractivity contribution in [3.05, 3.63) is 0 Å². The molecule has 0 rings (SSSR count). The van der Waals surface area contributed by atoms with Gasteiger partial charge in [-0.2, -0.15) is 0 Å². The van der Waals surface area contributed by atoms with E-state index in [1.54, 1.807) is 0 Å². The van der Waals surface area contributed by atoms with Crippen molar-refractivity contribution in [2.75, 3.05) is 19.8 Å². The summed E-state index contributed by atoms with van der Waals surface area (Å²) in [6.07, 6.45) is 0.454. The first-order chi connectivity index (χ1) is 6.66. The largest absolute Gasteiger partial charge is 0.508 e. The highest BCUT2D eigenvalue weighted by Crippen LogP contribution is 1.91. The van der Waals surface area contributed by atoms with Crippen LogP contribution in [0.2, 0.25) is 0 Å². The van der Waals surface area contributed by atoms with E-state index in [9.17, 15) is 9.59 Å². The van der Waals surface area contributed by atoms with Gasteiger partial charge in [0, 0.05) is 6.42 Å². The maximum atomic E-state index is 10.7. The number of ether oxygens (including phenoxy) is 3. The molecule has 0 aliphatic rings. The van der Waals surface area contributed by atoms with Crippen molar-refractivity contribution in [3.8, 4) is 0 Å². The Kier molecular flexibility index (Phi) is 7.69. The van der Waals surface area contributed by atoms with Gasteiger partial charge in [-0.25, -0.2) is 4.79 Å². The Morgan fingerprint density at radius 1 is 1.07 bits per heavy atom. The Morgan fingerprint density at radius 2 is 1.64 bits per heavy atom. The maximum absolute atomic E-state index is 10.7. The van der Waals surface area contributed by atoms with Gasteiger partial charge in [-0.15, -0.1) is 0 Å². The van der Waals surface area contributed by atoms with E-state index in [0.717, 1.165) is 6.42 Å². The second kappa shape index (κ2) is 8.41. The lowest BCUT2D eigenvalue weighted by molar-refractivity contribution is 0.0509. The molecule has 0 unspecified atom stereocenters. The Balaban J connectivity index is 3.19. The number of carbonyl (C=O) groups excluding carboxylic acids is 2. The van der Waals surface area contributed by atoms with Crippen molar-refractivity contribution in [3.63, 3.8) is 0 Å². The van der Waals surface area contributed by atoms with Gasteiger partial charge < -0.3 is 14.2 Å². The summed E-state index contributed by atoms with van der Waals surface area (Å²) < 4.78 is 13.7. The summed E-state index contributed by atoms with van der Waals surface area (Å²) in [6.45, 7) is 2.51. The number of hydrogen-bond acceptors (Lipinski definition) is 5. The van der Waals surface area contributed by atoms with Crippen LogP contribution >= 0.6 is 0 Å². The van der Waals surface area contributed by atoms with Crippen LogP contribution in [-0.2, 0) is 14.2 Å². The lowest BCUT2D eigenvalue weighted by atomic mass is 10.2. The van der Waals surface area contributed by atoms with E-state index in [0.29, 0.717) is 13.0 Å². The molecular weight excluding hydrogens is 187 g/mol. The van der Waals surface area contributed by atoms with Crippen LogP contribution in [0.4, 0.5) is 9.59 Å². The minimum atomic E-state index is -0.835. The standard InChI is InChI=1S/C8H13BO5/c1-2-4-13-8(11)14-6-3-5-12-7(9)10/h2-6H2,1H3. The third-order valence-corrected chi connectivity index (χ3v) is 1.18. The summed E-state index contributed by atoms with van der Waals surface area (Å²) in [7, 11) is 4.71. The van der Waals surface area contributed by atoms with Gasteiger partial charge in [-0.1, -0.05) is 6.92 Å². The molecule has 0 bridgehead atoms. The molecule has 6 heteroatoms. The van der Waals surface area contributed by atoms with Crippen LogP contribution in [0.3, 0.4) is 0 Å². The summed E-state index contributed by atoms with van der Waals surface area (Å²) in [4.78, 5) is 20.8. The molecule has 0 aromatic rings. The molecule has 0 atom stereocenters. The first kappa shape index (κ1) is 12.8. The van der Waals surface area contributed by atoms with Crippen molar-refractivity contribution >= 4 is 19.9 Å². The molecule has 78 valence electrons. The minimum absolute atomic E-state index is 0.135. The molecule has 0 saturated heterocycles. The van der Waals surface area contributed by atoms with Crippen LogP contribution in [0.25, 0.3) is 0 Å². The third-order valence-electron chi connectivity index (χ3n) is 1.18. The second-order valence-corrected chi connectivity index (χ2v) is 2.47. The smallest absolute Gasteiger partial charge is 0.475 e. The van der Waals surface area contributed by atoms with Gasteiger partial charge in [0.2, 0.25) is 13.7 Å². The summed E-state index contributed by atoms with van der Waals surface area (Å²) >= 11 is 0. The van der Waals surface area contributed by atoms with Crippen LogP contribution in [0.5, 0.6) is 0 Å². The van der Waals surface area contributed by atoms with Crippen molar-refractivity contribution in [2.24, 2.45) is 0 Å². The maximum Gasteiger partial charge on any atom is 0.508 e. The second-order valence-electron chi connectivity index (χ2n) is 2.47. The zero-order chi connectivity index (χ0) is 10.8. The van der Waals surface area contributed by atoms with Crippen LogP contribution in [0.1, 0.15) is 19.8 Å². The Hall–Kier alpha value is -1.20. The summed E-state index contributed by atoms with van der Waals surface area (Å²) in [5.74, 6) is -0.835. The number of rotatable bonds is 6. The van der Waals surface area contributed by atoms with E-state index < -0.39 is 12.0 Å². The fourth-order valence-electron chi connectivity index (χ4n) is 0.614. The van der Waals surface area contributed by atoms with Crippen LogP contribution in [0, 0.1) is 0 Å². The van der Waals surface area contributed by atoms with Crippen LogP contribution in [-0.4, -0.2) is 39.7 Å². The monoisotopic (exact) mass is 200 g/mol. The Bertz CT molecular complexity index is 183. The van der Waals surface area contributed by atoms with Crippen molar-refractivity contribution in [1.29, 1.82) is 0 Å². The SMILES string of the molecule is [B]C(=O)OCCCOC(=O)OCCC. The molecule has 0 aromatic heterocycles. The average Bonchev–Trinajstić information content (AvgIpc) is 2.13. The zero-order valence-corrected chi connectivity index (χ0v) is 8.15. The molecule has 0 fully saturated rings. The molecule has 14 heavy (non-hydrogen) atoms. The third kappa shape index (κ3) is 8.90. The molecule has 0 N–H and O–H groups in total. The lowest BCUT2D eigenvalue weighted by Crippen LogP contribution is -2.11. The van der Waals surface area contributed by atoms with Gasteiger partial charge >= 0.3 is 6.16 Å². The highest BCUT2D eigenvalue weighted by Gasteiger charge is 2.01. The predicted molar refractivity (Wildman–Crippen MR) is 49.3 cm³/mol. The summed E-state index contributed by atoms with van der Waals surface area (Å²) in [5, 5.41) is 0. The summed E-state index contributed by atoms with van der Waals surface area (Å²) in [6, 6.07) is 0. The van der Waals surface area contributed by atoms with Gasteiger partial charge in [0.25, 0.3) is 0 Å². The van der Waals surface area contributed by atoms with Gasteiger partial charge in [0.1, 0.15) is 0 Å². The van der Waals surface area contributed by atoms with Crippen LogP contribution in [0.15, 0.2) is 0 Å². The van der Waals surface area contributed by atoms with E-state index >= 15 is 0 Å². The van der Waals surface area contributed by atoms with Crippen molar-refractivity contribution in [2.45, 2.75) is 19.8 Å². The molecule has 0 aliphatic heterocycles. The predicted octanol–water partition coefficient (Wildman–Crippen LogP) is 1.24. The minimum Gasteiger partial charge on any atom is -0.475 e. The number of hydrogen-bond donors (Lipinski definition) is 0. The van der Waals surface area contributed by atoms with Gasteiger partial charge in [-0.05, 0) is 6.42 Å². The van der Waals surface area contributed by atoms with Crippen molar-refractivity contribution in [1.82, 2.24) is 0 Å². The molecule has 0 aromatic carbocycles. The molecule has 0 saturated carbocycles. The Morgan fingerprint density at radius 3 is 2.21 bits per heavy atom. The molecule has 5 nitrogen and oxygen atoms in total. The molecule has 0 heterocycles. The van der Waals surface area contributed by atoms with E-state index in [1.807, 2.05) is 6.92 Å². The van der Waals surface area contributed by atoms with Crippen LogP contribution < -0.4 is 0 Å². The Labute approximate surface area is 84.1 Å². The molecule has 0 aliphatic carbocycles. The normalized spacial score (nSPS) is 9.21. The highest BCUT2D eigenvalue weighted by molar-refractivity contribution is 6.55. The average molecular weight is 200 g/mol. The molecule has 0 amide bonds. The fourth-order valence-corrected chi connectivity index (χ4v) is 0.614. The van der Waals surface area contributed by atoms with E-state index in [2.05, 4.69) is 14.2 Å². The lowest BCUT2D eigenvalue weighted by Gasteiger charge is -2.05.